The molecule has 6 rings (SSSR count). The third-order valence-corrected chi connectivity index (χ3v) is 9.72. The highest BCUT2D eigenvalue weighted by Crippen LogP contribution is 2.51. The normalized spacial score (nSPS) is 24.2. The number of benzene rings is 1. The summed E-state index contributed by atoms with van der Waals surface area (Å²) >= 11 is 8.02. The minimum atomic E-state index is -0.343. The molecule has 2 saturated heterocycles. The Morgan fingerprint density at radius 1 is 1.17 bits per heavy atom. The van der Waals surface area contributed by atoms with Crippen LogP contribution >= 0.6 is 22.9 Å². The summed E-state index contributed by atoms with van der Waals surface area (Å²) in [5.74, 6) is -0.650. The first kappa shape index (κ1) is 27.9. The van der Waals surface area contributed by atoms with E-state index in [1.165, 1.54) is 22.1 Å². The van der Waals surface area contributed by atoms with Crippen LogP contribution in [0.5, 0.6) is 5.75 Å². The lowest BCUT2D eigenvalue weighted by molar-refractivity contribution is -0.140. The number of phenols is 1. The summed E-state index contributed by atoms with van der Waals surface area (Å²) in [6.45, 7) is 2.98. The van der Waals surface area contributed by atoms with E-state index >= 15 is 0 Å². The predicted molar refractivity (Wildman–Crippen MR) is 161 cm³/mol. The molecule has 0 unspecified atom stereocenters. The number of carbonyl (C=O) groups excluding carboxylic acids is 2. The number of thiophene rings is 1. The summed E-state index contributed by atoms with van der Waals surface area (Å²) in [6.07, 6.45) is 7.65. The van der Waals surface area contributed by atoms with Crippen molar-refractivity contribution in [3.63, 3.8) is 0 Å². The van der Waals surface area contributed by atoms with Gasteiger partial charge in [0.2, 0.25) is 11.8 Å². The second-order valence-corrected chi connectivity index (χ2v) is 12.5. The molecule has 4 heterocycles. The largest absolute Gasteiger partial charge is 0.508 e. The zero-order valence-electron chi connectivity index (χ0n) is 23.0. The van der Waals surface area contributed by atoms with E-state index < -0.39 is 0 Å². The number of rotatable bonds is 9. The van der Waals surface area contributed by atoms with E-state index in [-0.39, 0.29) is 41.4 Å². The van der Waals surface area contributed by atoms with Crippen LogP contribution in [0.15, 0.2) is 71.3 Å². The van der Waals surface area contributed by atoms with E-state index in [9.17, 15) is 14.7 Å². The Labute approximate surface area is 249 Å². The molecule has 0 bridgehead atoms. The average molecular weight is 589 g/mol. The highest BCUT2D eigenvalue weighted by Gasteiger charge is 2.56. The average Bonchev–Trinajstić information content (AvgIpc) is 3.69. The van der Waals surface area contributed by atoms with Gasteiger partial charge in [0, 0.05) is 17.0 Å². The van der Waals surface area contributed by atoms with Crippen LogP contribution in [0.1, 0.15) is 55.2 Å². The van der Waals surface area contributed by atoms with Crippen molar-refractivity contribution in [2.45, 2.75) is 51.7 Å². The zero-order chi connectivity index (χ0) is 28.5. The molecule has 0 spiro atoms. The first-order chi connectivity index (χ1) is 19.9. The Balaban J connectivity index is 1.27. The lowest BCUT2D eigenvalue weighted by atomic mass is 9.68. The maximum absolute atomic E-state index is 13.7. The highest BCUT2D eigenvalue weighted by atomic mass is 35.5. The number of ether oxygens (including phenoxy) is 1. The molecule has 1 N–H and O–H groups in total. The molecule has 3 aromatic rings. The monoisotopic (exact) mass is 588 g/mol. The van der Waals surface area contributed by atoms with Gasteiger partial charge in [0.1, 0.15) is 5.75 Å². The van der Waals surface area contributed by atoms with E-state index in [1.807, 2.05) is 41.8 Å². The number of hydrogen-bond acceptors (Lipinski definition) is 6. The third-order valence-electron chi connectivity index (χ3n) is 8.53. The van der Waals surface area contributed by atoms with Gasteiger partial charge in [-0.3, -0.25) is 19.5 Å². The Bertz CT molecular complexity index is 1500. The second-order valence-electron chi connectivity index (χ2n) is 11.0. The van der Waals surface area contributed by atoms with Gasteiger partial charge in [-0.05, 0) is 90.2 Å². The molecule has 2 amide bonds. The fraction of sp³-hybridized carbons (Fsp3) is 0.364. The highest BCUT2D eigenvalue weighted by molar-refractivity contribution is 7.09. The van der Waals surface area contributed by atoms with Crippen LogP contribution in [0.25, 0.3) is 11.6 Å². The minimum Gasteiger partial charge on any atom is -0.508 e. The smallest absolute Gasteiger partial charge is 0.234 e. The standard InChI is InChI=1S/C33H33ClN2O4S/c1-2-6-22-16-25-31(33(39)36(32(25)38)18-24-7-5-14-41-24)26-19-40-29(30(22)26)12-10-21(28-8-3-4-13-35-28)15-20-9-11-23(37)17-27(20)34/h3-5,7-9,11,13-15,17,25-26,29,31,37H,2,6,10,12,16,18-19H2,1H3/b21-15-/t25-,26+,29-,31-/m1/s1. The number of halogens is 1. The molecule has 2 aromatic heterocycles. The number of likely N-dealkylation sites (tertiary alicyclic amines) is 1. The predicted octanol–water partition coefficient (Wildman–Crippen LogP) is 7.14. The number of hydrogen-bond donors (Lipinski definition) is 1. The zero-order valence-corrected chi connectivity index (χ0v) is 24.5. The summed E-state index contributed by atoms with van der Waals surface area (Å²) < 4.78 is 6.44. The molecule has 0 saturated carbocycles. The molecular formula is C33H33ClN2O4S. The first-order valence-corrected chi connectivity index (χ1v) is 15.5. The third kappa shape index (κ3) is 5.51. The van der Waals surface area contributed by atoms with E-state index in [0.717, 1.165) is 41.0 Å². The first-order valence-electron chi connectivity index (χ1n) is 14.3. The number of amides is 2. The van der Waals surface area contributed by atoms with Crippen molar-refractivity contribution in [1.29, 1.82) is 0 Å². The number of phenolic OH excluding ortho intramolecular Hbond substituents is 1. The van der Waals surface area contributed by atoms with Gasteiger partial charge in [0.15, 0.2) is 0 Å². The molecule has 212 valence electrons. The second kappa shape index (κ2) is 11.9. The minimum absolute atomic E-state index is 0.0318. The van der Waals surface area contributed by atoms with Gasteiger partial charge in [-0.25, -0.2) is 0 Å². The molecule has 0 radical (unpaired) electrons. The Morgan fingerprint density at radius 2 is 2.05 bits per heavy atom. The van der Waals surface area contributed by atoms with Crippen molar-refractivity contribution in [3.8, 4) is 5.75 Å². The van der Waals surface area contributed by atoms with Crippen LogP contribution in [-0.4, -0.2) is 39.5 Å². The van der Waals surface area contributed by atoms with E-state index in [0.29, 0.717) is 31.0 Å². The molecule has 6 nitrogen and oxygen atoms in total. The Morgan fingerprint density at radius 3 is 2.78 bits per heavy atom. The maximum Gasteiger partial charge on any atom is 0.234 e. The van der Waals surface area contributed by atoms with Crippen LogP contribution in [0.4, 0.5) is 0 Å². The van der Waals surface area contributed by atoms with Crippen molar-refractivity contribution < 1.29 is 19.4 Å². The maximum atomic E-state index is 13.7. The van der Waals surface area contributed by atoms with Crippen LogP contribution in [0.2, 0.25) is 5.02 Å². The van der Waals surface area contributed by atoms with Crippen molar-refractivity contribution >= 4 is 46.4 Å². The molecular weight excluding hydrogens is 556 g/mol. The summed E-state index contributed by atoms with van der Waals surface area (Å²) in [5, 5.41) is 12.3. The van der Waals surface area contributed by atoms with Gasteiger partial charge in [-0.1, -0.05) is 42.7 Å². The van der Waals surface area contributed by atoms with E-state index in [2.05, 4.69) is 11.9 Å². The molecule has 3 aliphatic rings. The molecule has 1 aliphatic carbocycles. The van der Waals surface area contributed by atoms with Crippen molar-refractivity contribution in [1.82, 2.24) is 9.88 Å². The summed E-state index contributed by atoms with van der Waals surface area (Å²) in [7, 11) is 0. The summed E-state index contributed by atoms with van der Waals surface area (Å²) in [5.41, 5.74) is 5.23. The summed E-state index contributed by atoms with van der Waals surface area (Å²) in [6, 6.07) is 14.7. The number of fused-ring (bicyclic) bond motifs is 3. The van der Waals surface area contributed by atoms with Crippen molar-refractivity contribution in [2.24, 2.45) is 17.8 Å². The molecule has 2 fully saturated rings. The number of carbonyl (C=O) groups is 2. The van der Waals surface area contributed by atoms with E-state index in [4.69, 9.17) is 16.3 Å². The number of allylic oxidation sites excluding steroid dienone is 2. The SMILES string of the molecule is CCCC1=C2[C@@H](CC/C(=C/c3ccc(O)cc3Cl)c3ccccn3)OC[C@@H]2[C@@H]2C(=O)N(Cc3cccs3)C(=O)[C@@H]2C1. The van der Waals surface area contributed by atoms with Gasteiger partial charge < -0.3 is 9.84 Å². The molecule has 8 heteroatoms. The Kier molecular flexibility index (Phi) is 8.11. The lowest BCUT2D eigenvalue weighted by Crippen LogP contribution is -2.34. The lowest BCUT2D eigenvalue weighted by Gasteiger charge is -2.32. The molecule has 41 heavy (non-hydrogen) atoms. The molecule has 2 aliphatic heterocycles. The molecule has 4 atom stereocenters. The van der Waals surface area contributed by atoms with Gasteiger partial charge in [-0.2, -0.15) is 0 Å². The topological polar surface area (TPSA) is 79.7 Å². The number of nitrogens with zero attached hydrogens (tertiary/aromatic N) is 2. The van der Waals surface area contributed by atoms with Crippen molar-refractivity contribution in [3.05, 3.63) is 92.4 Å². The van der Waals surface area contributed by atoms with Crippen LogP contribution in [0, 0.1) is 17.8 Å². The van der Waals surface area contributed by atoms with Crippen LogP contribution < -0.4 is 0 Å². The van der Waals surface area contributed by atoms with Crippen molar-refractivity contribution in [2.75, 3.05) is 6.61 Å². The summed E-state index contributed by atoms with van der Waals surface area (Å²) in [4.78, 5) is 34.3. The number of imide groups is 1. The fourth-order valence-electron chi connectivity index (χ4n) is 6.73. The van der Waals surface area contributed by atoms with Gasteiger partial charge in [-0.15, -0.1) is 11.3 Å². The van der Waals surface area contributed by atoms with Gasteiger partial charge >= 0.3 is 0 Å². The number of aromatic nitrogens is 1. The fourth-order valence-corrected chi connectivity index (χ4v) is 7.65. The number of pyridine rings is 1. The van der Waals surface area contributed by atoms with Crippen LogP contribution in [0.3, 0.4) is 0 Å². The number of aromatic hydroxyl groups is 1. The van der Waals surface area contributed by atoms with Gasteiger partial charge in [0.05, 0.1) is 41.8 Å². The van der Waals surface area contributed by atoms with Crippen LogP contribution in [-0.2, 0) is 20.9 Å². The van der Waals surface area contributed by atoms with E-state index in [1.54, 1.807) is 29.7 Å². The van der Waals surface area contributed by atoms with Gasteiger partial charge in [0.25, 0.3) is 0 Å². The quantitative estimate of drug-likeness (QED) is 0.212. The Hall–Kier alpha value is -3.26. The molecule has 1 aromatic carbocycles.